The van der Waals surface area contributed by atoms with Crippen LogP contribution in [-0.4, -0.2) is 57.7 Å². The molecule has 0 N–H and O–H groups in total. The van der Waals surface area contributed by atoms with E-state index in [4.69, 9.17) is 11.6 Å². The molecule has 3 heterocycles. The molecule has 8 nitrogen and oxygen atoms in total. The molecule has 1 saturated heterocycles. The molecular weight excluding hydrogens is 368 g/mol. The Bertz CT molecular complexity index is 815. The normalized spacial score (nSPS) is 14.4. The fraction of sp³-hybridized carbons (Fsp3) is 0.267. The fourth-order valence-electron chi connectivity index (χ4n) is 2.49. The van der Waals surface area contributed by atoms with E-state index in [1.165, 1.54) is 18.3 Å². The summed E-state index contributed by atoms with van der Waals surface area (Å²) in [5.41, 5.74) is 0.443. The Morgan fingerprint density at radius 3 is 2.24 bits per heavy atom. The van der Waals surface area contributed by atoms with Crippen LogP contribution in [0.1, 0.15) is 20.0 Å². The number of thiophene rings is 1. The van der Waals surface area contributed by atoms with E-state index < -0.39 is 4.92 Å². The second-order valence-electron chi connectivity index (χ2n) is 5.35. The summed E-state index contributed by atoms with van der Waals surface area (Å²) < 4.78 is 0. The molecular formula is C15H13ClN4O4S. The van der Waals surface area contributed by atoms with Gasteiger partial charge in [0.05, 0.1) is 15.4 Å². The third kappa shape index (κ3) is 3.77. The Morgan fingerprint density at radius 2 is 1.72 bits per heavy atom. The molecule has 2 aromatic rings. The van der Waals surface area contributed by atoms with E-state index in [1.54, 1.807) is 21.9 Å². The number of aromatic nitrogens is 1. The Hall–Kier alpha value is -2.52. The number of amides is 2. The number of pyridine rings is 1. The highest BCUT2D eigenvalue weighted by molar-refractivity contribution is 7.17. The second-order valence-corrected chi connectivity index (χ2v) is 6.80. The first kappa shape index (κ1) is 17.3. The molecule has 0 radical (unpaired) electrons. The van der Waals surface area contributed by atoms with Gasteiger partial charge >= 0.3 is 5.00 Å². The largest absolute Gasteiger partial charge is 0.335 e. The number of nitro groups is 1. The third-order valence-electron chi connectivity index (χ3n) is 3.81. The fourth-order valence-corrected chi connectivity index (χ4v) is 3.39. The van der Waals surface area contributed by atoms with Crippen molar-refractivity contribution < 1.29 is 14.5 Å². The van der Waals surface area contributed by atoms with Gasteiger partial charge in [-0.25, -0.2) is 4.98 Å². The minimum absolute atomic E-state index is 0.0626. The van der Waals surface area contributed by atoms with Crippen LogP contribution in [0.25, 0.3) is 0 Å². The lowest BCUT2D eigenvalue weighted by Gasteiger charge is -2.34. The van der Waals surface area contributed by atoms with Crippen molar-refractivity contribution in [1.82, 2.24) is 14.8 Å². The zero-order chi connectivity index (χ0) is 18.0. The SMILES string of the molecule is O=C(c1ccc(Cl)nc1)N1CCN(C(=O)c2ccc([N+](=O)[O-])s2)CC1. The van der Waals surface area contributed by atoms with Gasteiger partial charge < -0.3 is 9.80 Å². The van der Waals surface area contributed by atoms with Crippen molar-refractivity contribution in [1.29, 1.82) is 0 Å². The molecule has 25 heavy (non-hydrogen) atoms. The highest BCUT2D eigenvalue weighted by Gasteiger charge is 2.27. The van der Waals surface area contributed by atoms with E-state index in [-0.39, 0.29) is 16.8 Å². The average Bonchev–Trinajstić information content (AvgIpc) is 3.12. The number of halogens is 1. The van der Waals surface area contributed by atoms with Crippen molar-refractivity contribution >= 4 is 39.8 Å². The lowest BCUT2D eigenvalue weighted by Crippen LogP contribution is -2.50. The second kappa shape index (κ2) is 7.16. The molecule has 1 aliphatic rings. The van der Waals surface area contributed by atoms with Gasteiger partial charge in [-0.15, -0.1) is 0 Å². The summed E-state index contributed by atoms with van der Waals surface area (Å²) in [4.78, 5) is 42.5. The van der Waals surface area contributed by atoms with Crippen LogP contribution in [-0.2, 0) is 0 Å². The van der Waals surface area contributed by atoms with Crippen LogP contribution >= 0.6 is 22.9 Å². The number of hydrogen-bond donors (Lipinski definition) is 0. The molecule has 3 rings (SSSR count). The van der Waals surface area contributed by atoms with E-state index in [2.05, 4.69) is 4.98 Å². The monoisotopic (exact) mass is 380 g/mol. The number of carbonyl (C=O) groups is 2. The third-order valence-corrected chi connectivity index (χ3v) is 5.06. The predicted molar refractivity (Wildman–Crippen MR) is 92.0 cm³/mol. The Labute approximate surface area is 151 Å². The predicted octanol–water partition coefficient (Wildman–Crippen LogP) is 2.30. The number of nitrogens with zero attached hydrogens (tertiary/aromatic N) is 4. The van der Waals surface area contributed by atoms with Crippen molar-refractivity contribution in [3.8, 4) is 0 Å². The number of rotatable bonds is 3. The molecule has 2 aromatic heterocycles. The van der Waals surface area contributed by atoms with Gasteiger partial charge in [-0.05, 0) is 18.2 Å². The summed E-state index contributed by atoms with van der Waals surface area (Å²) in [5, 5.41) is 11.0. The van der Waals surface area contributed by atoms with Gasteiger partial charge in [0.1, 0.15) is 5.15 Å². The molecule has 0 bridgehead atoms. The molecule has 0 aromatic carbocycles. The van der Waals surface area contributed by atoms with Crippen molar-refractivity contribution in [3.63, 3.8) is 0 Å². The maximum absolute atomic E-state index is 12.4. The topological polar surface area (TPSA) is 96.7 Å². The molecule has 0 atom stereocenters. The summed E-state index contributed by atoms with van der Waals surface area (Å²) in [7, 11) is 0. The van der Waals surface area contributed by atoms with E-state index >= 15 is 0 Å². The van der Waals surface area contributed by atoms with Gasteiger partial charge in [0.2, 0.25) is 0 Å². The zero-order valence-corrected chi connectivity index (χ0v) is 14.5. The van der Waals surface area contributed by atoms with E-state index in [0.717, 1.165) is 11.3 Å². The molecule has 0 aliphatic carbocycles. The molecule has 2 amide bonds. The minimum Gasteiger partial charge on any atom is -0.335 e. The van der Waals surface area contributed by atoms with Crippen LogP contribution in [0.5, 0.6) is 0 Å². The molecule has 0 saturated carbocycles. The van der Waals surface area contributed by atoms with E-state index in [9.17, 15) is 19.7 Å². The standard InChI is InChI=1S/C15H13ClN4O4S/c16-12-3-1-10(9-17-12)14(21)18-5-7-19(8-6-18)15(22)11-2-4-13(25-11)20(23)24/h1-4,9H,5-8H2. The maximum Gasteiger partial charge on any atom is 0.324 e. The molecule has 10 heteroatoms. The van der Waals surface area contributed by atoms with Crippen molar-refractivity contribution in [2.75, 3.05) is 26.2 Å². The summed E-state index contributed by atoms with van der Waals surface area (Å²) >= 11 is 6.57. The smallest absolute Gasteiger partial charge is 0.324 e. The Kier molecular flexibility index (Phi) is 4.95. The first-order valence-corrected chi connectivity index (χ1v) is 8.59. The minimum atomic E-state index is -0.516. The molecule has 0 unspecified atom stereocenters. The van der Waals surface area contributed by atoms with Crippen molar-refractivity contribution in [3.05, 3.63) is 56.2 Å². The van der Waals surface area contributed by atoms with Crippen molar-refractivity contribution in [2.45, 2.75) is 0 Å². The lowest BCUT2D eigenvalue weighted by atomic mass is 10.2. The number of piperazine rings is 1. The molecule has 0 spiro atoms. The van der Waals surface area contributed by atoms with Gasteiger partial charge in [-0.1, -0.05) is 22.9 Å². The number of carbonyl (C=O) groups excluding carboxylic acids is 2. The molecule has 1 fully saturated rings. The Balaban J connectivity index is 1.61. The summed E-state index contributed by atoms with van der Waals surface area (Å²) in [6, 6.07) is 5.95. The van der Waals surface area contributed by atoms with Crippen LogP contribution < -0.4 is 0 Å². The van der Waals surface area contributed by atoms with Crippen molar-refractivity contribution in [2.24, 2.45) is 0 Å². The highest BCUT2D eigenvalue weighted by Crippen LogP contribution is 2.25. The number of hydrogen-bond acceptors (Lipinski definition) is 6. The van der Waals surface area contributed by atoms with Gasteiger partial charge in [0, 0.05) is 38.4 Å². The van der Waals surface area contributed by atoms with Gasteiger partial charge in [-0.2, -0.15) is 0 Å². The Morgan fingerprint density at radius 1 is 1.08 bits per heavy atom. The van der Waals surface area contributed by atoms with Crippen LogP contribution in [0.3, 0.4) is 0 Å². The van der Waals surface area contributed by atoms with E-state index in [1.807, 2.05) is 0 Å². The molecule has 1 aliphatic heterocycles. The lowest BCUT2D eigenvalue weighted by molar-refractivity contribution is -0.380. The van der Waals surface area contributed by atoms with Gasteiger partial charge in [-0.3, -0.25) is 19.7 Å². The van der Waals surface area contributed by atoms with Crippen LogP contribution in [0, 0.1) is 10.1 Å². The van der Waals surface area contributed by atoms with Crippen LogP contribution in [0.15, 0.2) is 30.5 Å². The highest BCUT2D eigenvalue weighted by atomic mass is 35.5. The quantitative estimate of drug-likeness (QED) is 0.462. The van der Waals surface area contributed by atoms with Crippen LogP contribution in [0.2, 0.25) is 5.15 Å². The maximum atomic E-state index is 12.4. The first-order chi connectivity index (χ1) is 12.0. The molecule has 130 valence electrons. The average molecular weight is 381 g/mol. The van der Waals surface area contributed by atoms with Gasteiger partial charge in [0.15, 0.2) is 0 Å². The summed E-state index contributed by atoms with van der Waals surface area (Å²) in [5.74, 6) is -0.415. The zero-order valence-electron chi connectivity index (χ0n) is 12.9. The summed E-state index contributed by atoms with van der Waals surface area (Å²) in [6.07, 6.45) is 1.42. The first-order valence-electron chi connectivity index (χ1n) is 7.40. The summed E-state index contributed by atoms with van der Waals surface area (Å²) in [6.45, 7) is 1.52. The van der Waals surface area contributed by atoms with Gasteiger partial charge in [0.25, 0.3) is 11.8 Å². The van der Waals surface area contributed by atoms with Crippen LogP contribution in [0.4, 0.5) is 5.00 Å². The van der Waals surface area contributed by atoms with E-state index in [0.29, 0.717) is 41.8 Å².